The quantitative estimate of drug-likeness (QED) is 0.875. The van der Waals surface area contributed by atoms with Crippen molar-refractivity contribution in [2.45, 2.75) is 19.4 Å². The SMILES string of the molecule is N#Cc1ccc(COc2cccc(OCC3CCNCC3)n2)c(F)c1. The van der Waals surface area contributed by atoms with E-state index in [9.17, 15) is 4.39 Å². The molecule has 0 unspecified atom stereocenters. The monoisotopic (exact) mass is 341 g/mol. The number of hydrogen-bond acceptors (Lipinski definition) is 5. The van der Waals surface area contributed by atoms with Crippen LogP contribution in [-0.2, 0) is 6.61 Å². The number of ether oxygens (including phenoxy) is 2. The van der Waals surface area contributed by atoms with Gasteiger partial charge in [-0.15, -0.1) is 0 Å². The van der Waals surface area contributed by atoms with Gasteiger partial charge in [0.1, 0.15) is 12.4 Å². The molecule has 130 valence electrons. The lowest BCUT2D eigenvalue weighted by Crippen LogP contribution is -2.30. The number of nitrogens with one attached hydrogen (secondary N) is 1. The summed E-state index contributed by atoms with van der Waals surface area (Å²) in [5.41, 5.74) is 0.662. The molecule has 0 amide bonds. The summed E-state index contributed by atoms with van der Waals surface area (Å²) < 4.78 is 25.2. The van der Waals surface area contributed by atoms with Crippen LogP contribution in [0.25, 0.3) is 0 Å². The fourth-order valence-electron chi connectivity index (χ4n) is 2.69. The van der Waals surface area contributed by atoms with Gasteiger partial charge in [0.2, 0.25) is 11.8 Å². The van der Waals surface area contributed by atoms with Gasteiger partial charge in [-0.1, -0.05) is 12.1 Å². The van der Waals surface area contributed by atoms with Crippen molar-refractivity contribution >= 4 is 0 Å². The highest BCUT2D eigenvalue weighted by Crippen LogP contribution is 2.19. The summed E-state index contributed by atoms with van der Waals surface area (Å²) in [6.07, 6.45) is 2.21. The van der Waals surface area contributed by atoms with Crippen molar-refractivity contribution in [1.29, 1.82) is 5.26 Å². The van der Waals surface area contributed by atoms with Crippen molar-refractivity contribution in [3.8, 4) is 17.8 Å². The molecule has 1 N–H and O–H groups in total. The summed E-state index contributed by atoms with van der Waals surface area (Å²) in [6, 6.07) is 11.5. The predicted molar refractivity (Wildman–Crippen MR) is 90.8 cm³/mol. The van der Waals surface area contributed by atoms with Crippen LogP contribution in [0.1, 0.15) is 24.0 Å². The summed E-state index contributed by atoms with van der Waals surface area (Å²) in [4.78, 5) is 4.30. The normalized spacial score (nSPS) is 14.7. The number of rotatable bonds is 6. The standard InChI is InChI=1S/C19H20FN3O2/c20-17-10-15(11-21)4-5-16(17)13-25-19-3-1-2-18(23-19)24-12-14-6-8-22-9-7-14/h1-5,10,14,22H,6-9,12-13H2. The van der Waals surface area contributed by atoms with E-state index in [1.165, 1.54) is 6.07 Å². The first-order valence-electron chi connectivity index (χ1n) is 8.36. The number of hydrogen-bond donors (Lipinski definition) is 1. The molecule has 1 fully saturated rings. The molecule has 2 aromatic rings. The van der Waals surface area contributed by atoms with Gasteiger partial charge in [0, 0.05) is 17.7 Å². The van der Waals surface area contributed by atoms with E-state index in [2.05, 4.69) is 10.3 Å². The summed E-state index contributed by atoms with van der Waals surface area (Å²) in [7, 11) is 0. The second-order valence-corrected chi connectivity index (χ2v) is 6.03. The number of nitrogens with zero attached hydrogens (tertiary/aromatic N) is 2. The second kappa shape index (κ2) is 8.45. The fourth-order valence-corrected chi connectivity index (χ4v) is 2.69. The first-order valence-corrected chi connectivity index (χ1v) is 8.36. The van der Waals surface area contributed by atoms with E-state index in [0.29, 0.717) is 29.8 Å². The van der Waals surface area contributed by atoms with E-state index >= 15 is 0 Å². The van der Waals surface area contributed by atoms with Crippen molar-refractivity contribution in [3.05, 3.63) is 53.3 Å². The Morgan fingerprint density at radius 1 is 1.16 bits per heavy atom. The molecule has 1 aromatic heterocycles. The molecule has 1 aliphatic rings. The average molecular weight is 341 g/mol. The minimum Gasteiger partial charge on any atom is -0.477 e. The number of halogens is 1. The number of piperidine rings is 1. The Morgan fingerprint density at radius 3 is 2.64 bits per heavy atom. The molecule has 0 bridgehead atoms. The molecular weight excluding hydrogens is 321 g/mol. The Labute approximate surface area is 146 Å². The van der Waals surface area contributed by atoms with Gasteiger partial charge in [-0.2, -0.15) is 10.2 Å². The van der Waals surface area contributed by atoms with Crippen molar-refractivity contribution in [2.75, 3.05) is 19.7 Å². The molecular formula is C19H20FN3O2. The molecule has 0 spiro atoms. The van der Waals surface area contributed by atoms with Crippen molar-refractivity contribution < 1.29 is 13.9 Å². The van der Waals surface area contributed by atoms with E-state index < -0.39 is 5.82 Å². The second-order valence-electron chi connectivity index (χ2n) is 6.03. The fraction of sp³-hybridized carbons (Fsp3) is 0.368. The maximum Gasteiger partial charge on any atom is 0.216 e. The maximum atomic E-state index is 13.9. The largest absolute Gasteiger partial charge is 0.477 e. The summed E-state index contributed by atoms with van der Waals surface area (Å²) in [5, 5.41) is 12.1. The number of nitriles is 1. The summed E-state index contributed by atoms with van der Waals surface area (Å²) >= 11 is 0. The van der Waals surface area contributed by atoms with E-state index in [-0.39, 0.29) is 12.2 Å². The molecule has 0 radical (unpaired) electrons. The van der Waals surface area contributed by atoms with Crippen molar-refractivity contribution in [3.63, 3.8) is 0 Å². The molecule has 1 aliphatic heterocycles. The highest BCUT2D eigenvalue weighted by Gasteiger charge is 2.14. The lowest BCUT2D eigenvalue weighted by atomic mass is 9.99. The Morgan fingerprint density at radius 2 is 1.92 bits per heavy atom. The number of aromatic nitrogens is 1. The van der Waals surface area contributed by atoms with Crippen LogP contribution in [0.15, 0.2) is 36.4 Å². The third kappa shape index (κ3) is 4.91. The van der Waals surface area contributed by atoms with E-state index in [0.717, 1.165) is 25.9 Å². The van der Waals surface area contributed by atoms with Gasteiger partial charge in [0.15, 0.2) is 0 Å². The van der Waals surface area contributed by atoms with Crippen LogP contribution in [0.2, 0.25) is 0 Å². The Balaban J connectivity index is 1.55. The number of benzene rings is 1. The zero-order chi connectivity index (χ0) is 17.5. The molecule has 1 saturated heterocycles. The van der Waals surface area contributed by atoms with Gasteiger partial charge in [-0.3, -0.25) is 0 Å². The van der Waals surface area contributed by atoms with Crippen molar-refractivity contribution in [2.24, 2.45) is 5.92 Å². The van der Waals surface area contributed by atoms with Crippen LogP contribution < -0.4 is 14.8 Å². The summed E-state index contributed by atoms with van der Waals surface area (Å²) in [6.45, 7) is 2.74. The van der Waals surface area contributed by atoms with Crippen LogP contribution >= 0.6 is 0 Å². The highest BCUT2D eigenvalue weighted by atomic mass is 19.1. The van der Waals surface area contributed by atoms with E-state index in [1.54, 1.807) is 30.3 Å². The third-order valence-corrected chi connectivity index (χ3v) is 4.18. The van der Waals surface area contributed by atoms with Crippen LogP contribution in [-0.4, -0.2) is 24.7 Å². The van der Waals surface area contributed by atoms with Gasteiger partial charge < -0.3 is 14.8 Å². The lowest BCUT2D eigenvalue weighted by Gasteiger charge is -2.22. The van der Waals surface area contributed by atoms with Gasteiger partial charge in [0.05, 0.1) is 18.2 Å². The maximum absolute atomic E-state index is 13.9. The molecule has 0 atom stereocenters. The van der Waals surface area contributed by atoms with Crippen molar-refractivity contribution in [1.82, 2.24) is 10.3 Å². The van der Waals surface area contributed by atoms with Gasteiger partial charge in [-0.05, 0) is 44.0 Å². The van der Waals surface area contributed by atoms with Crippen LogP contribution in [0, 0.1) is 23.1 Å². The molecule has 2 heterocycles. The molecule has 0 saturated carbocycles. The van der Waals surface area contributed by atoms with Gasteiger partial charge >= 0.3 is 0 Å². The Kier molecular flexibility index (Phi) is 5.81. The van der Waals surface area contributed by atoms with Crippen LogP contribution in [0.5, 0.6) is 11.8 Å². The van der Waals surface area contributed by atoms with E-state index in [1.807, 2.05) is 6.07 Å². The van der Waals surface area contributed by atoms with Crippen LogP contribution in [0.3, 0.4) is 0 Å². The molecule has 6 heteroatoms. The first-order chi connectivity index (χ1) is 12.2. The minimum atomic E-state index is -0.461. The summed E-state index contributed by atoms with van der Waals surface area (Å²) in [5.74, 6) is 0.973. The Hall–Kier alpha value is -2.65. The zero-order valence-electron chi connectivity index (χ0n) is 13.9. The topological polar surface area (TPSA) is 67.2 Å². The molecule has 25 heavy (non-hydrogen) atoms. The van der Waals surface area contributed by atoms with Crippen LogP contribution in [0.4, 0.5) is 4.39 Å². The van der Waals surface area contributed by atoms with E-state index in [4.69, 9.17) is 14.7 Å². The molecule has 1 aromatic carbocycles. The zero-order valence-corrected chi connectivity index (χ0v) is 13.9. The average Bonchev–Trinajstić information content (AvgIpc) is 2.66. The highest BCUT2D eigenvalue weighted by molar-refractivity contribution is 5.32. The molecule has 5 nitrogen and oxygen atoms in total. The lowest BCUT2D eigenvalue weighted by molar-refractivity contribution is 0.205. The van der Waals surface area contributed by atoms with Gasteiger partial charge in [0.25, 0.3) is 0 Å². The molecule has 3 rings (SSSR count). The third-order valence-electron chi connectivity index (χ3n) is 4.18. The Bertz CT molecular complexity index is 755. The smallest absolute Gasteiger partial charge is 0.216 e. The predicted octanol–water partition coefficient (Wildman–Crippen LogP) is 3.05. The number of pyridine rings is 1. The van der Waals surface area contributed by atoms with Gasteiger partial charge in [-0.25, -0.2) is 4.39 Å². The minimum absolute atomic E-state index is 0.0439. The molecule has 0 aliphatic carbocycles. The first kappa shape index (κ1) is 17.2.